The average molecular weight is 327 g/mol. The summed E-state index contributed by atoms with van der Waals surface area (Å²) in [4.78, 5) is 14.5. The number of aromatic nitrogens is 2. The molecule has 2 aromatic rings. The molecule has 0 saturated carbocycles. The monoisotopic (exact) mass is 327 g/mol. The van der Waals surface area contributed by atoms with Gasteiger partial charge in [0, 0.05) is 25.7 Å². The third-order valence-electron chi connectivity index (χ3n) is 4.66. The normalized spacial score (nSPS) is 18.0. The lowest BCUT2D eigenvalue weighted by atomic mass is 10.1. The van der Waals surface area contributed by atoms with Crippen molar-refractivity contribution in [1.29, 1.82) is 0 Å². The van der Waals surface area contributed by atoms with Gasteiger partial charge in [-0.2, -0.15) is 5.10 Å². The molecule has 0 bridgehead atoms. The topological polar surface area (TPSA) is 87.0 Å². The number of nitrogens with one attached hydrogen (secondary N) is 2. The van der Waals surface area contributed by atoms with Crippen molar-refractivity contribution >= 4 is 11.7 Å². The van der Waals surface area contributed by atoms with Crippen LogP contribution in [0.2, 0.25) is 0 Å². The standard InChI is InChI=1S/C18H25N5O/c1-12-3-4-13(2)15(7-12)11-23-6-5-14(10-23)9-20-18(24)16-8-17(19)22-21-16/h3-4,7-8,14H,5-6,9-11H2,1-2H3,(H,20,24)(H3,19,21,22). The zero-order valence-electron chi connectivity index (χ0n) is 14.3. The Morgan fingerprint density at radius 2 is 2.25 bits per heavy atom. The Morgan fingerprint density at radius 1 is 1.42 bits per heavy atom. The minimum absolute atomic E-state index is 0.146. The predicted octanol–water partition coefficient (Wildman–Crippen LogP) is 1.86. The molecule has 1 atom stereocenters. The SMILES string of the molecule is Cc1ccc(C)c(CN2CCC(CNC(=O)c3cc(N)n[nH]3)C2)c1. The summed E-state index contributed by atoms with van der Waals surface area (Å²) in [5.41, 5.74) is 9.98. The Hall–Kier alpha value is -2.34. The average Bonchev–Trinajstić information content (AvgIpc) is 3.18. The third kappa shape index (κ3) is 3.94. The van der Waals surface area contributed by atoms with Crippen molar-refractivity contribution in [2.45, 2.75) is 26.8 Å². The first kappa shape index (κ1) is 16.5. The molecule has 6 heteroatoms. The van der Waals surface area contributed by atoms with E-state index in [9.17, 15) is 4.79 Å². The van der Waals surface area contributed by atoms with Crippen molar-refractivity contribution in [3.05, 3.63) is 46.6 Å². The van der Waals surface area contributed by atoms with Crippen molar-refractivity contribution in [3.8, 4) is 0 Å². The van der Waals surface area contributed by atoms with E-state index in [-0.39, 0.29) is 5.91 Å². The van der Waals surface area contributed by atoms with E-state index in [4.69, 9.17) is 5.73 Å². The molecule has 1 unspecified atom stereocenters. The van der Waals surface area contributed by atoms with Crippen LogP contribution < -0.4 is 11.1 Å². The zero-order chi connectivity index (χ0) is 17.1. The zero-order valence-corrected chi connectivity index (χ0v) is 14.3. The number of hydrogen-bond acceptors (Lipinski definition) is 4. The second-order valence-corrected chi connectivity index (χ2v) is 6.74. The van der Waals surface area contributed by atoms with Crippen LogP contribution in [-0.4, -0.2) is 40.6 Å². The fourth-order valence-corrected chi connectivity index (χ4v) is 3.22. The minimum Gasteiger partial charge on any atom is -0.382 e. The Labute approximate surface area is 142 Å². The molecule has 1 aromatic heterocycles. The van der Waals surface area contributed by atoms with Crippen molar-refractivity contribution < 1.29 is 4.79 Å². The van der Waals surface area contributed by atoms with Gasteiger partial charge in [0.2, 0.25) is 0 Å². The maximum Gasteiger partial charge on any atom is 0.269 e. The molecule has 0 aliphatic carbocycles. The number of H-pyrrole nitrogens is 1. The fraction of sp³-hybridized carbons (Fsp3) is 0.444. The molecular weight excluding hydrogens is 302 g/mol. The molecule has 1 aromatic carbocycles. The van der Waals surface area contributed by atoms with Crippen LogP contribution in [0.5, 0.6) is 0 Å². The van der Waals surface area contributed by atoms with Gasteiger partial charge < -0.3 is 11.1 Å². The van der Waals surface area contributed by atoms with E-state index >= 15 is 0 Å². The number of benzene rings is 1. The van der Waals surface area contributed by atoms with Crippen LogP contribution in [0.4, 0.5) is 5.82 Å². The number of aryl methyl sites for hydroxylation is 2. The molecule has 3 rings (SSSR count). The molecule has 1 amide bonds. The fourth-order valence-electron chi connectivity index (χ4n) is 3.22. The maximum atomic E-state index is 12.0. The van der Waals surface area contributed by atoms with Gasteiger partial charge >= 0.3 is 0 Å². The smallest absolute Gasteiger partial charge is 0.269 e. The molecule has 2 heterocycles. The number of nitrogen functional groups attached to an aromatic ring is 1. The predicted molar refractivity (Wildman–Crippen MR) is 94.6 cm³/mol. The highest BCUT2D eigenvalue weighted by Crippen LogP contribution is 2.20. The van der Waals surface area contributed by atoms with Crippen LogP contribution in [0.25, 0.3) is 0 Å². The lowest BCUT2D eigenvalue weighted by Crippen LogP contribution is -2.31. The minimum atomic E-state index is -0.146. The van der Waals surface area contributed by atoms with Gasteiger partial charge in [-0.15, -0.1) is 0 Å². The number of nitrogens with two attached hydrogens (primary N) is 1. The number of likely N-dealkylation sites (tertiary alicyclic amines) is 1. The first-order chi connectivity index (χ1) is 11.5. The van der Waals surface area contributed by atoms with E-state index in [1.165, 1.54) is 16.7 Å². The molecule has 6 nitrogen and oxygen atoms in total. The number of rotatable bonds is 5. The van der Waals surface area contributed by atoms with Crippen LogP contribution in [-0.2, 0) is 6.54 Å². The van der Waals surface area contributed by atoms with E-state index in [1.54, 1.807) is 6.07 Å². The number of carbonyl (C=O) groups is 1. The van der Waals surface area contributed by atoms with Gasteiger partial charge in [0.1, 0.15) is 11.5 Å². The van der Waals surface area contributed by atoms with E-state index in [0.29, 0.717) is 24.0 Å². The first-order valence-electron chi connectivity index (χ1n) is 8.39. The molecule has 128 valence electrons. The van der Waals surface area contributed by atoms with Crippen molar-refractivity contribution in [2.75, 3.05) is 25.4 Å². The maximum absolute atomic E-state index is 12.0. The largest absolute Gasteiger partial charge is 0.382 e. The highest BCUT2D eigenvalue weighted by molar-refractivity contribution is 5.92. The van der Waals surface area contributed by atoms with E-state index in [1.807, 2.05) is 0 Å². The molecule has 24 heavy (non-hydrogen) atoms. The number of anilines is 1. The Bertz CT molecular complexity index is 724. The highest BCUT2D eigenvalue weighted by atomic mass is 16.1. The van der Waals surface area contributed by atoms with Gasteiger partial charge in [-0.3, -0.25) is 14.8 Å². The van der Waals surface area contributed by atoms with Crippen LogP contribution in [0.3, 0.4) is 0 Å². The summed E-state index contributed by atoms with van der Waals surface area (Å²) in [6, 6.07) is 8.17. The molecule has 4 N–H and O–H groups in total. The van der Waals surface area contributed by atoms with Gasteiger partial charge in [0.15, 0.2) is 0 Å². The van der Waals surface area contributed by atoms with Crippen LogP contribution >= 0.6 is 0 Å². The summed E-state index contributed by atoms with van der Waals surface area (Å²) in [5, 5.41) is 9.38. The Kier molecular flexibility index (Phi) is 4.85. The van der Waals surface area contributed by atoms with Crippen LogP contribution in [0, 0.1) is 19.8 Å². The summed E-state index contributed by atoms with van der Waals surface area (Å²) in [5.74, 6) is 0.673. The van der Waals surface area contributed by atoms with Crippen LogP contribution in [0.15, 0.2) is 24.3 Å². The number of amides is 1. The van der Waals surface area contributed by atoms with E-state index in [2.05, 4.69) is 52.5 Å². The molecule has 0 radical (unpaired) electrons. The Balaban J connectivity index is 1.49. The second kappa shape index (κ2) is 7.05. The third-order valence-corrected chi connectivity index (χ3v) is 4.66. The Morgan fingerprint density at radius 3 is 3.00 bits per heavy atom. The number of hydrogen-bond donors (Lipinski definition) is 3. The van der Waals surface area contributed by atoms with Crippen molar-refractivity contribution in [1.82, 2.24) is 20.4 Å². The number of aromatic amines is 1. The number of carbonyl (C=O) groups excluding carboxylic acids is 1. The summed E-state index contributed by atoms with van der Waals surface area (Å²) in [7, 11) is 0. The van der Waals surface area contributed by atoms with E-state index < -0.39 is 0 Å². The summed E-state index contributed by atoms with van der Waals surface area (Å²) < 4.78 is 0. The summed E-state index contributed by atoms with van der Waals surface area (Å²) >= 11 is 0. The lowest BCUT2D eigenvalue weighted by Gasteiger charge is -2.18. The molecule has 1 fully saturated rings. The molecular formula is C18H25N5O. The van der Waals surface area contributed by atoms with Gasteiger partial charge in [0.05, 0.1) is 0 Å². The van der Waals surface area contributed by atoms with Gasteiger partial charge in [0.25, 0.3) is 5.91 Å². The van der Waals surface area contributed by atoms with Gasteiger partial charge in [-0.1, -0.05) is 23.8 Å². The lowest BCUT2D eigenvalue weighted by molar-refractivity contribution is 0.0942. The van der Waals surface area contributed by atoms with Gasteiger partial charge in [-0.05, 0) is 43.9 Å². The van der Waals surface area contributed by atoms with Gasteiger partial charge in [-0.25, -0.2) is 0 Å². The second-order valence-electron chi connectivity index (χ2n) is 6.74. The highest BCUT2D eigenvalue weighted by Gasteiger charge is 2.23. The quantitative estimate of drug-likeness (QED) is 0.782. The molecule has 0 spiro atoms. The number of nitrogens with zero attached hydrogens (tertiary/aromatic N) is 2. The van der Waals surface area contributed by atoms with Crippen molar-refractivity contribution in [3.63, 3.8) is 0 Å². The summed E-state index contributed by atoms with van der Waals surface area (Å²) in [6.45, 7) is 8.05. The van der Waals surface area contributed by atoms with Crippen molar-refractivity contribution in [2.24, 2.45) is 5.92 Å². The first-order valence-corrected chi connectivity index (χ1v) is 8.39. The molecule has 1 aliphatic rings. The molecule has 1 saturated heterocycles. The molecule has 1 aliphatic heterocycles. The van der Waals surface area contributed by atoms with Crippen LogP contribution in [0.1, 0.15) is 33.6 Å². The van der Waals surface area contributed by atoms with E-state index in [0.717, 1.165) is 26.1 Å². The summed E-state index contributed by atoms with van der Waals surface area (Å²) in [6.07, 6.45) is 1.11.